The highest BCUT2D eigenvalue weighted by Crippen LogP contribution is 2.21. The van der Waals surface area contributed by atoms with Crippen LogP contribution in [0.1, 0.15) is 31.7 Å². The second kappa shape index (κ2) is 10.3. The Hall–Kier alpha value is -0.480. The maximum Gasteiger partial charge on any atom is 0.220 e. The number of carbonyl (C=O) groups excluding carboxylic acids is 1. The van der Waals surface area contributed by atoms with E-state index in [2.05, 4.69) is 5.32 Å². The summed E-state index contributed by atoms with van der Waals surface area (Å²) < 4.78 is 0. The average Bonchev–Trinajstić information content (AvgIpc) is 2.34. The van der Waals surface area contributed by atoms with Gasteiger partial charge in [-0.1, -0.05) is 29.3 Å². The molecule has 0 aliphatic rings. The van der Waals surface area contributed by atoms with Crippen LogP contribution in [0.15, 0.2) is 18.2 Å². The van der Waals surface area contributed by atoms with E-state index < -0.39 is 0 Å². The highest BCUT2D eigenvalue weighted by molar-refractivity contribution is 6.35. The number of carbonyl (C=O) groups is 1. The predicted octanol–water partition coefficient (Wildman–Crippen LogP) is 3.59. The summed E-state index contributed by atoms with van der Waals surface area (Å²) in [6, 6.07) is 5.55. The maximum absolute atomic E-state index is 11.5. The summed E-state index contributed by atoms with van der Waals surface area (Å²) in [5.41, 5.74) is 6.65. The smallest absolute Gasteiger partial charge is 0.220 e. The monoisotopic (exact) mass is 338 g/mol. The minimum Gasteiger partial charge on any atom is -0.356 e. The summed E-state index contributed by atoms with van der Waals surface area (Å²) in [7, 11) is 0. The van der Waals surface area contributed by atoms with Crippen molar-refractivity contribution in [1.29, 1.82) is 0 Å². The Morgan fingerprint density at radius 2 is 2.10 bits per heavy atom. The molecule has 1 unspecified atom stereocenters. The molecule has 114 valence electrons. The zero-order chi connectivity index (χ0) is 14.3. The van der Waals surface area contributed by atoms with Crippen molar-refractivity contribution >= 4 is 41.5 Å². The summed E-state index contributed by atoms with van der Waals surface area (Å²) in [6.07, 6.45) is 2.88. The maximum atomic E-state index is 11.5. The van der Waals surface area contributed by atoms with Gasteiger partial charge < -0.3 is 11.1 Å². The van der Waals surface area contributed by atoms with E-state index in [9.17, 15) is 4.79 Å². The molecule has 0 aromatic heterocycles. The Balaban J connectivity index is 0.00000361. The van der Waals surface area contributed by atoms with Gasteiger partial charge >= 0.3 is 0 Å². The first-order chi connectivity index (χ1) is 8.99. The van der Waals surface area contributed by atoms with Crippen molar-refractivity contribution in [2.75, 3.05) is 6.54 Å². The van der Waals surface area contributed by atoms with Crippen LogP contribution in [0.4, 0.5) is 0 Å². The lowest BCUT2D eigenvalue weighted by Crippen LogP contribution is -2.26. The van der Waals surface area contributed by atoms with Gasteiger partial charge in [-0.3, -0.25) is 4.79 Å². The Kier molecular flexibility index (Phi) is 10.0. The van der Waals surface area contributed by atoms with Gasteiger partial charge in [0.2, 0.25) is 5.91 Å². The van der Waals surface area contributed by atoms with Crippen LogP contribution in [0.3, 0.4) is 0 Å². The van der Waals surface area contributed by atoms with Gasteiger partial charge in [0.05, 0.1) is 0 Å². The highest BCUT2D eigenvalue weighted by atomic mass is 35.5. The molecule has 1 amide bonds. The molecule has 1 aromatic carbocycles. The summed E-state index contributed by atoms with van der Waals surface area (Å²) >= 11 is 11.9. The van der Waals surface area contributed by atoms with Crippen molar-refractivity contribution in [2.45, 2.75) is 38.6 Å². The molecule has 6 heteroatoms. The average molecular weight is 340 g/mol. The Morgan fingerprint density at radius 1 is 1.40 bits per heavy atom. The fraction of sp³-hybridized carbons (Fsp3) is 0.500. The third-order valence-electron chi connectivity index (χ3n) is 2.79. The molecular formula is C14H21Cl3N2O. The Bertz CT molecular complexity index is 425. The molecule has 20 heavy (non-hydrogen) atoms. The first-order valence-corrected chi connectivity index (χ1v) is 7.21. The number of aryl methyl sites for hydroxylation is 1. The van der Waals surface area contributed by atoms with E-state index in [0.717, 1.165) is 24.8 Å². The van der Waals surface area contributed by atoms with Gasteiger partial charge in [0.1, 0.15) is 0 Å². The van der Waals surface area contributed by atoms with Gasteiger partial charge in [0.25, 0.3) is 0 Å². The van der Waals surface area contributed by atoms with Gasteiger partial charge in [-0.05, 0) is 43.9 Å². The number of amides is 1. The van der Waals surface area contributed by atoms with Crippen molar-refractivity contribution < 1.29 is 4.79 Å². The molecule has 0 fully saturated rings. The van der Waals surface area contributed by atoms with Crippen LogP contribution in [0.2, 0.25) is 10.0 Å². The predicted molar refractivity (Wildman–Crippen MR) is 87.9 cm³/mol. The van der Waals surface area contributed by atoms with E-state index in [-0.39, 0.29) is 24.4 Å². The van der Waals surface area contributed by atoms with Crippen LogP contribution < -0.4 is 11.1 Å². The zero-order valence-electron chi connectivity index (χ0n) is 11.5. The third kappa shape index (κ3) is 7.95. The molecule has 3 N–H and O–H groups in total. The van der Waals surface area contributed by atoms with Gasteiger partial charge in [-0.15, -0.1) is 12.4 Å². The van der Waals surface area contributed by atoms with Crippen molar-refractivity contribution in [3.63, 3.8) is 0 Å². The molecule has 0 saturated heterocycles. The number of rotatable bonds is 7. The molecule has 0 radical (unpaired) electrons. The molecule has 1 rings (SSSR count). The van der Waals surface area contributed by atoms with E-state index >= 15 is 0 Å². The van der Waals surface area contributed by atoms with Crippen molar-refractivity contribution in [2.24, 2.45) is 5.73 Å². The summed E-state index contributed by atoms with van der Waals surface area (Å²) in [5, 5.41) is 4.19. The topological polar surface area (TPSA) is 55.1 Å². The molecule has 0 aliphatic heterocycles. The Labute approximate surface area is 136 Å². The summed E-state index contributed by atoms with van der Waals surface area (Å²) in [4.78, 5) is 11.5. The molecule has 0 saturated carbocycles. The fourth-order valence-corrected chi connectivity index (χ4v) is 2.18. The zero-order valence-corrected chi connectivity index (χ0v) is 13.8. The Morgan fingerprint density at radius 3 is 2.70 bits per heavy atom. The van der Waals surface area contributed by atoms with Crippen molar-refractivity contribution in [3.8, 4) is 0 Å². The van der Waals surface area contributed by atoms with E-state index in [1.54, 1.807) is 6.07 Å². The number of hydrogen-bond acceptors (Lipinski definition) is 2. The molecule has 0 heterocycles. The second-order valence-electron chi connectivity index (χ2n) is 4.71. The number of halogens is 3. The van der Waals surface area contributed by atoms with Crippen LogP contribution in [0.5, 0.6) is 0 Å². The van der Waals surface area contributed by atoms with Crippen LogP contribution in [0.25, 0.3) is 0 Å². The van der Waals surface area contributed by atoms with Crippen LogP contribution in [-0.4, -0.2) is 18.5 Å². The lowest BCUT2D eigenvalue weighted by atomic mass is 10.1. The molecule has 1 aromatic rings. The van der Waals surface area contributed by atoms with Crippen LogP contribution >= 0.6 is 35.6 Å². The van der Waals surface area contributed by atoms with Crippen molar-refractivity contribution in [1.82, 2.24) is 5.32 Å². The van der Waals surface area contributed by atoms with Crippen LogP contribution in [-0.2, 0) is 11.2 Å². The minimum atomic E-state index is 0. The lowest BCUT2D eigenvalue weighted by Gasteiger charge is -2.08. The number of hydrogen-bond donors (Lipinski definition) is 2. The molecular weight excluding hydrogens is 319 g/mol. The summed E-state index contributed by atoms with van der Waals surface area (Å²) in [5.74, 6) is 0.0551. The largest absolute Gasteiger partial charge is 0.356 e. The van der Waals surface area contributed by atoms with Gasteiger partial charge in [-0.25, -0.2) is 0 Å². The first kappa shape index (κ1) is 19.5. The highest BCUT2D eigenvalue weighted by Gasteiger charge is 2.04. The quantitative estimate of drug-likeness (QED) is 0.746. The lowest BCUT2D eigenvalue weighted by molar-refractivity contribution is -0.121. The minimum absolute atomic E-state index is 0. The normalized spacial score (nSPS) is 11.6. The molecule has 3 nitrogen and oxygen atoms in total. The van der Waals surface area contributed by atoms with Gasteiger partial charge in [-0.2, -0.15) is 0 Å². The standard InChI is InChI=1S/C14H20Cl2N2O.ClH/c1-10(17)4-7-14(19)18-8-2-3-11-5-6-12(15)9-13(11)16;/h5-6,9-10H,2-4,7-8,17H2,1H3,(H,18,19);1H. The van der Waals surface area contributed by atoms with E-state index in [1.807, 2.05) is 19.1 Å². The molecule has 0 spiro atoms. The van der Waals surface area contributed by atoms with E-state index in [4.69, 9.17) is 28.9 Å². The van der Waals surface area contributed by atoms with Crippen LogP contribution in [0, 0.1) is 0 Å². The van der Waals surface area contributed by atoms with E-state index in [1.165, 1.54) is 0 Å². The molecule has 1 atom stereocenters. The SMILES string of the molecule is CC(N)CCC(=O)NCCCc1ccc(Cl)cc1Cl.Cl. The number of benzene rings is 1. The number of nitrogens with two attached hydrogens (primary N) is 1. The second-order valence-corrected chi connectivity index (χ2v) is 5.55. The third-order valence-corrected chi connectivity index (χ3v) is 3.37. The van der Waals surface area contributed by atoms with Crippen molar-refractivity contribution in [3.05, 3.63) is 33.8 Å². The summed E-state index contributed by atoms with van der Waals surface area (Å²) in [6.45, 7) is 2.55. The fourth-order valence-electron chi connectivity index (χ4n) is 1.68. The number of nitrogens with one attached hydrogen (secondary N) is 1. The molecule has 0 aliphatic carbocycles. The first-order valence-electron chi connectivity index (χ1n) is 6.45. The van der Waals surface area contributed by atoms with E-state index in [0.29, 0.717) is 23.0 Å². The van der Waals surface area contributed by atoms with Gasteiger partial charge in [0.15, 0.2) is 0 Å². The molecule has 0 bridgehead atoms. The van der Waals surface area contributed by atoms with Gasteiger partial charge in [0, 0.05) is 29.1 Å².